The maximum Gasteiger partial charge on any atom is 0.225 e. The number of nitrogens with zero attached hydrogens (tertiary/aromatic N) is 6. The van der Waals surface area contributed by atoms with Crippen LogP contribution in [0.2, 0.25) is 0 Å². The van der Waals surface area contributed by atoms with Crippen molar-refractivity contribution in [3.8, 4) is 0 Å². The zero-order valence-electron chi connectivity index (χ0n) is 18.4. The van der Waals surface area contributed by atoms with Crippen molar-refractivity contribution in [3.05, 3.63) is 71.3 Å². The van der Waals surface area contributed by atoms with Gasteiger partial charge in [-0.1, -0.05) is 24.3 Å². The van der Waals surface area contributed by atoms with Crippen LogP contribution in [0.4, 0.5) is 5.95 Å². The number of likely N-dealkylation sites (tertiary alicyclic amines) is 1. The molecule has 2 aliphatic heterocycles. The van der Waals surface area contributed by atoms with Crippen LogP contribution in [0.1, 0.15) is 35.2 Å². The van der Waals surface area contributed by atoms with Gasteiger partial charge in [-0.15, -0.1) is 0 Å². The number of fused-ring (bicyclic) bond motifs is 2. The second kappa shape index (κ2) is 8.40. The van der Waals surface area contributed by atoms with Crippen LogP contribution in [0.3, 0.4) is 0 Å². The third kappa shape index (κ3) is 4.20. The molecule has 0 saturated carbocycles. The van der Waals surface area contributed by atoms with Gasteiger partial charge in [0, 0.05) is 52.3 Å². The number of hydrogen-bond donors (Lipinski definition) is 0. The minimum absolute atomic E-state index is 0.259. The predicted molar refractivity (Wildman–Crippen MR) is 120 cm³/mol. The molecule has 0 unspecified atom stereocenters. The molecule has 1 aromatic carbocycles. The number of rotatable bonds is 5. The molecule has 31 heavy (non-hydrogen) atoms. The first-order chi connectivity index (χ1) is 15.1. The van der Waals surface area contributed by atoms with E-state index in [0.29, 0.717) is 0 Å². The summed E-state index contributed by atoms with van der Waals surface area (Å²) in [5, 5.41) is 4.28. The third-order valence-corrected chi connectivity index (χ3v) is 6.43. The Morgan fingerprint density at radius 3 is 2.48 bits per heavy atom. The van der Waals surface area contributed by atoms with Crippen molar-refractivity contribution >= 4 is 5.95 Å². The summed E-state index contributed by atoms with van der Waals surface area (Å²) in [4.78, 5) is 13.9. The zero-order valence-corrected chi connectivity index (χ0v) is 18.4. The van der Waals surface area contributed by atoms with Crippen LogP contribution < -0.4 is 4.90 Å². The number of benzene rings is 1. The van der Waals surface area contributed by atoms with Gasteiger partial charge in [0.25, 0.3) is 0 Å². The van der Waals surface area contributed by atoms with E-state index in [0.717, 1.165) is 63.7 Å². The molecule has 162 valence electrons. The largest absolute Gasteiger partial charge is 0.368 e. The maximum absolute atomic E-state index is 6.39. The van der Waals surface area contributed by atoms with Crippen LogP contribution in [0.15, 0.2) is 48.9 Å². The van der Waals surface area contributed by atoms with Gasteiger partial charge in [-0.05, 0) is 42.0 Å². The summed E-state index contributed by atoms with van der Waals surface area (Å²) in [6.07, 6.45) is 8.66. The van der Waals surface area contributed by atoms with Crippen LogP contribution in [0.5, 0.6) is 0 Å². The average Bonchev–Trinajstić information content (AvgIpc) is 3.30. The molecule has 2 aromatic heterocycles. The maximum atomic E-state index is 6.39. The Morgan fingerprint density at radius 2 is 1.81 bits per heavy atom. The Kier molecular flexibility index (Phi) is 5.46. The molecule has 1 fully saturated rings. The van der Waals surface area contributed by atoms with Crippen molar-refractivity contribution in [1.82, 2.24) is 24.6 Å². The first-order valence-electron chi connectivity index (χ1n) is 11.1. The highest BCUT2D eigenvalue weighted by atomic mass is 16.5. The molecule has 1 saturated heterocycles. The van der Waals surface area contributed by atoms with Crippen LogP contribution >= 0.6 is 0 Å². The van der Waals surface area contributed by atoms with E-state index in [4.69, 9.17) is 9.72 Å². The fourth-order valence-electron chi connectivity index (χ4n) is 4.66. The summed E-state index contributed by atoms with van der Waals surface area (Å²) in [7, 11) is 3.97. The lowest BCUT2D eigenvalue weighted by Gasteiger charge is -2.44. The van der Waals surface area contributed by atoms with Gasteiger partial charge in [-0.25, -0.2) is 9.97 Å². The van der Waals surface area contributed by atoms with E-state index in [-0.39, 0.29) is 5.60 Å². The Morgan fingerprint density at radius 1 is 1.06 bits per heavy atom. The molecule has 4 heterocycles. The summed E-state index contributed by atoms with van der Waals surface area (Å²) >= 11 is 0. The number of hydrogen-bond acceptors (Lipinski definition) is 6. The van der Waals surface area contributed by atoms with Crippen molar-refractivity contribution in [2.45, 2.75) is 38.0 Å². The van der Waals surface area contributed by atoms with Crippen molar-refractivity contribution in [1.29, 1.82) is 0 Å². The Hall–Kier alpha value is -2.77. The van der Waals surface area contributed by atoms with Crippen molar-refractivity contribution in [3.63, 3.8) is 0 Å². The molecule has 5 rings (SSSR count). The van der Waals surface area contributed by atoms with Gasteiger partial charge in [0.1, 0.15) is 5.60 Å². The van der Waals surface area contributed by atoms with Crippen molar-refractivity contribution in [2.24, 2.45) is 0 Å². The van der Waals surface area contributed by atoms with Crippen LogP contribution in [-0.4, -0.2) is 58.4 Å². The van der Waals surface area contributed by atoms with Gasteiger partial charge >= 0.3 is 0 Å². The molecule has 0 atom stereocenters. The van der Waals surface area contributed by atoms with E-state index >= 15 is 0 Å². The molecule has 0 N–H and O–H groups in total. The number of aromatic nitrogens is 4. The van der Waals surface area contributed by atoms with Gasteiger partial charge in [-0.3, -0.25) is 9.58 Å². The SMILES string of the molecule is CN(C)c1ncc2c(n1)C1(CCN(Cc3ccc(Cn4cccn4)cc3)CC1)OCC2. The second-order valence-corrected chi connectivity index (χ2v) is 8.83. The molecule has 0 amide bonds. The normalized spacial score (nSPS) is 18.1. The van der Waals surface area contributed by atoms with E-state index in [2.05, 4.69) is 39.2 Å². The number of anilines is 1. The number of ether oxygens (including phenoxy) is 1. The van der Waals surface area contributed by atoms with E-state index in [1.54, 1.807) is 0 Å². The van der Waals surface area contributed by atoms with Crippen molar-refractivity contribution in [2.75, 3.05) is 38.7 Å². The van der Waals surface area contributed by atoms with Gasteiger partial charge < -0.3 is 9.64 Å². The molecule has 7 heteroatoms. The smallest absolute Gasteiger partial charge is 0.225 e. The van der Waals surface area contributed by atoms with Gasteiger partial charge in [-0.2, -0.15) is 5.10 Å². The molecule has 7 nitrogen and oxygen atoms in total. The topological polar surface area (TPSA) is 59.3 Å². The van der Waals surface area contributed by atoms with Crippen molar-refractivity contribution < 1.29 is 4.74 Å². The lowest BCUT2D eigenvalue weighted by Crippen LogP contribution is -2.47. The van der Waals surface area contributed by atoms with Gasteiger partial charge in [0.2, 0.25) is 5.95 Å². The van der Waals surface area contributed by atoms with Gasteiger partial charge in [0.05, 0.1) is 18.8 Å². The lowest BCUT2D eigenvalue weighted by atomic mass is 9.83. The average molecular weight is 419 g/mol. The molecule has 0 bridgehead atoms. The fraction of sp³-hybridized carbons (Fsp3) is 0.458. The fourth-order valence-corrected chi connectivity index (χ4v) is 4.66. The first-order valence-corrected chi connectivity index (χ1v) is 11.1. The van der Waals surface area contributed by atoms with E-state index < -0.39 is 0 Å². The minimum Gasteiger partial charge on any atom is -0.368 e. The molecule has 0 radical (unpaired) electrons. The first kappa shape index (κ1) is 20.2. The molecular formula is C24H30N6O. The highest BCUT2D eigenvalue weighted by Crippen LogP contribution is 2.41. The molecule has 0 aliphatic carbocycles. The summed E-state index contributed by atoms with van der Waals surface area (Å²) in [6.45, 7) is 4.56. The monoisotopic (exact) mass is 418 g/mol. The Labute approximate surface area is 183 Å². The van der Waals surface area contributed by atoms with Crippen LogP contribution in [0, 0.1) is 0 Å². The zero-order chi connectivity index (χ0) is 21.3. The summed E-state index contributed by atoms with van der Waals surface area (Å²) in [5.74, 6) is 0.765. The van der Waals surface area contributed by atoms with Crippen LogP contribution in [0.25, 0.3) is 0 Å². The third-order valence-electron chi connectivity index (χ3n) is 6.43. The number of piperidine rings is 1. The molecular weight excluding hydrogens is 388 g/mol. The minimum atomic E-state index is -0.259. The van der Waals surface area contributed by atoms with E-state index in [1.807, 2.05) is 48.3 Å². The van der Waals surface area contributed by atoms with E-state index in [9.17, 15) is 0 Å². The predicted octanol–water partition coefficient (Wildman–Crippen LogP) is 2.85. The van der Waals surface area contributed by atoms with Crippen LogP contribution in [-0.2, 0) is 29.8 Å². The summed E-state index contributed by atoms with van der Waals surface area (Å²) in [6, 6.07) is 10.9. The summed E-state index contributed by atoms with van der Waals surface area (Å²) < 4.78 is 8.34. The van der Waals surface area contributed by atoms with E-state index in [1.165, 1.54) is 16.7 Å². The highest BCUT2D eigenvalue weighted by molar-refractivity contribution is 5.36. The summed E-state index contributed by atoms with van der Waals surface area (Å²) in [5.41, 5.74) is 4.72. The molecule has 2 aliphatic rings. The molecule has 1 spiro atoms. The quantitative estimate of drug-likeness (QED) is 0.635. The Balaban J connectivity index is 1.24. The molecule has 3 aromatic rings. The Bertz CT molecular complexity index is 1010. The highest BCUT2D eigenvalue weighted by Gasteiger charge is 2.42. The van der Waals surface area contributed by atoms with Gasteiger partial charge in [0.15, 0.2) is 0 Å². The lowest BCUT2D eigenvalue weighted by molar-refractivity contribution is -0.102. The standard InChI is InChI=1S/C24H30N6O/c1-28(2)23-25-16-21-8-15-31-24(22(21)27-23)9-13-29(14-10-24)17-19-4-6-20(7-5-19)18-30-12-3-11-26-30/h3-7,11-12,16H,8-10,13-15,17-18H2,1-2H3. The second-order valence-electron chi connectivity index (χ2n) is 8.83.